The van der Waals surface area contributed by atoms with Gasteiger partial charge in [0, 0.05) is 50.6 Å². The van der Waals surface area contributed by atoms with Crippen molar-refractivity contribution in [1.82, 2.24) is 20.1 Å². The van der Waals surface area contributed by atoms with E-state index in [0.717, 1.165) is 62.8 Å². The van der Waals surface area contributed by atoms with Gasteiger partial charge in [-0.2, -0.15) is 0 Å². The maximum atomic E-state index is 14.0. The van der Waals surface area contributed by atoms with E-state index in [9.17, 15) is 14.0 Å². The summed E-state index contributed by atoms with van der Waals surface area (Å²) < 4.78 is 14.0. The molecule has 2 aliphatic rings. The number of carbonyl (C=O) groups excluding carboxylic acids is 2. The molecule has 0 bridgehead atoms. The minimum absolute atomic E-state index is 0.115. The number of hydrogen-bond acceptors (Lipinski definition) is 3. The first-order valence-electron chi connectivity index (χ1n) is 10.5. The van der Waals surface area contributed by atoms with Gasteiger partial charge in [0.15, 0.2) is 0 Å². The van der Waals surface area contributed by atoms with Crippen molar-refractivity contribution in [3.05, 3.63) is 35.3 Å². The van der Waals surface area contributed by atoms with Gasteiger partial charge in [-0.1, -0.05) is 6.07 Å². The summed E-state index contributed by atoms with van der Waals surface area (Å²) >= 11 is 0. The minimum Gasteiger partial charge on any atom is -0.348 e. The largest absolute Gasteiger partial charge is 0.348 e. The number of aryl methyl sites for hydroxylation is 1. The van der Waals surface area contributed by atoms with Gasteiger partial charge >= 0.3 is 0 Å². The molecule has 1 saturated heterocycles. The van der Waals surface area contributed by atoms with E-state index in [1.165, 1.54) is 6.07 Å². The second kappa shape index (κ2) is 8.14. The van der Waals surface area contributed by atoms with Gasteiger partial charge in [0.05, 0.1) is 5.52 Å². The highest BCUT2D eigenvalue weighted by atomic mass is 19.1. The van der Waals surface area contributed by atoms with Crippen molar-refractivity contribution in [2.24, 2.45) is 0 Å². The topological polar surface area (TPSA) is 68.4 Å². The maximum absolute atomic E-state index is 14.0. The van der Waals surface area contributed by atoms with E-state index >= 15 is 0 Å². The molecule has 1 aromatic carbocycles. The Kier molecular flexibility index (Phi) is 5.58. The number of H-pyrrole nitrogens is 1. The molecule has 6 nitrogen and oxygen atoms in total. The van der Waals surface area contributed by atoms with E-state index in [4.69, 9.17) is 0 Å². The number of piperazine rings is 1. The van der Waals surface area contributed by atoms with E-state index in [2.05, 4.69) is 15.2 Å². The molecule has 156 valence electrons. The summed E-state index contributed by atoms with van der Waals surface area (Å²) in [6, 6.07) is 5.44. The zero-order chi connectivity index (χ0) is 20.5. The summed E-state index contributed by atoms with van der Waals surface area (Å²) in [5.41, 5.74) is 1.74. The average molecular weight is 400 g/mol. The molecule has 1 aliphatic carbocycles. The third-order valence-electron chi connectivity index (χ3n) is 6.46. The van der Waals surface area contributed by atoms with Gasteiger partial charge in [-0.25, -0.2) is 4.39 Å². The molecule has 2 N–H and O–H groups in total. The van der Waals surface area contributed by atoms with Crippen LogP contribution in [0.1, 0.15) is 48.7 Å². The summed E-state index contributed by atoms with van der Waals surface area (Å²) in [5.74, 6) is -0.373. The number of nitrogens with one attached hydrogen (secondary N) is 2. The fourth-order valence-electron chi connectivity index (χ4n) is 4.74. The summed E-state index contributed by atoms with van der Waals surface area (Å²) in [6.45, 7) is 6.89. The van der Waals surface area contributed by atoms with Crippen LogP contribution in [0.2, 0.25) is 0 Å². The molecule has 2 heterocycles. The first-order valence-corrected chi connectivity index (χ1v) is 10.5. The van der Waals surface area contributed by atoms with Gasteiger partial charge in [-0.3, -0.25) is 14.5 Å². The summed E-state index contributed by atoms with van der Waals surface area (Å²) in [5, 5.41) is 3.90. The molecule has 1 aliphatic heterocycles. The number of halogens is 1. The summed E-state index contributed by atoms with van der Waals surface area (Å²) in [4.78, 5) is 31.6. The van der Waals surface area contributed by atoms with Crippen LogP contribution < -0.4 is 5.32 Å². The van der Waals surface area contributed by atoms with Gasteiger partial charge < -0.3 is 15.2 Å². The lowest BCUT2D eigenvalue weighted by atomic mass is 9.89. The fourth-order valence-corrected chi connectivity index (χ4v) is 4.74. The van der Waals surface area contributed by atoms with Crippen molar-refractivity contribution in [3.63, 3.8) is 0 Å². The van der Waals surface area contributed by atoms with E-state index in [0.29, 0.717) is 17.3 Å². The average Bonchev–Trinajstić information content (AvgIpc) is 3.18. The first kappa shape index (κ1) is 19.9. The second-order valence-electron chi connectivity index (χ2n) is 8.37. The molecule has 2 atom stereocenters. The minimum atomic E-state index is -0.341. The smallest absolute Gasteiger partial charge is 0.267 e. The third kappa shape index (κ3) is 4.15. The van der Waals surface area contributed by atoms with Crippen LogP contribution in [-0.2, 0) is 4.79 Å². The zero-order valence-electron chi connectivity index (χ0n) is 17.1. The molecule has 4 rings (SSSR count). The molecule has 2 aromatic rings. The van der Waals surface area contributed by atoms with Gasteiger partial charge in [-0.15, -0.1) is 0 Å². The number of benzene rings is 1. The van der Waals surface area contributed by atoms with Crippen LogP contribution in [0.5, 0.6) is 0 Å². The number of rotatable bonds is 3. The molecular formula is C22H29FN4O2. The van der Waals surface area contributed by atoms with Gasteiger partial charge in [0.2, 0.25) is 5.91 Å². The van der Waals surface area contributed by atoms with Crippen LogP contribution in [0, 0.1) is 12.7 Å². The Balaban J connectivity index is 1.38. The highest BCUT2D eigenvalue weighted by Gasteiger charge is 2.30. The lowest BCUT2D eigenvalue weighted by Crippen LogP contribution is -2.54. The monoisotopic (exact) mass is 400 g/mol. The maximum Gasteiger partial charge on any atom is 0.267 e. The molecule has 0 unspecified atom stereocenters. The normalized spacial score (nSPS) is 23.3. The second-order valence-corrected chi connectivity index (χ2v) is 8.37. The number of carbonyl (C=O) groups is 2. The Morgan fingerprint density at radius 1 is 1.17 bits per heavy atom. The highest BCUT2D eigenvalue weighted by Crippen LogP contribution is 2.26. The van der Waals surface area contributed by atoms with Crippen LogP contribution in [0.25, 0.3) is 10.9 Å². The Hall–Kier alpha value is -2.41. The first-order chi connectivity index (χ1) is 13.9. The SMILES string of the molecule is CC(=O)N1CCN([C@H]2CCC[C@@H](NC(=O)c3cc4c(C)ccc(F)c4[nH]3)C2)CC1. The Labute approximate surface area is 170 Å². The van der Waals surface area contributed by atoms with Crippen molar-refractivity contribution in [1.29, 1.82) is 0 Å². The molecule has 1 saturated carbocycles. The number of amides is 2. The quantitative estimate of drug-likeness (QED) is 0.833. The van der Waals surface area contributed by atoms with Crippen LogP contribution in [0.3, 0.4) is 0 Å². The van der Waals surface area contributed by atoms with Gasteiger partial charge in [-0.05, 0) is 50.3 Å². The highest BCUT2D eigenvalue weighted by molar-refractivity contribution is 5.99. The van der Waals surface area contributed by atoms with Crippen molar-refractivity contribution in [2.75, 3.05) is 26.2 Å². The van der Waals surface area contributed by atoms with Crippen molar-refractivity contribution >= 4 is 22.7 Å². The Morgan fingerprint density at radius 2 is 1.93 bits per heavy atom. The van der Waals surface area contributed by atoms with E-state index in [1.54, 1.807) is 19.1 Å². The third-order valence-corrected chi connectivity index (χ3v) is 6.46. The number of nitrogens with zero attached hydrogens (tertiary/aromatic N) is 2. The number of aromatic amines is 1. The van der Waals surface area contributed by atoms with Gasteiger partial charge in [0.1, 0.15) is 11.5 Å². The molecule has 2 fully saturated rings. The van der Waals surface area contributed by atoms with Crippen LogP contribution in [0.4, 0.5) is 4.39 Å². The van der Waals surface area contributed by atoms with E-state index in [-0.39, 0.29) is 23.7 Å². The molecule has 29 heavy (non-hydrogen) atoms. The van der Waals surface area contributed by atoms with Crippen LogP contribution in [0.15, 0.2) is 18.2 Å². The molecule has 1 aromatic heterocycles. The van der Waals surface area contributed by atoms with Crippen molar-refractivity contribution in [3.8, 4) is 0 Å². The number of fused-ring (bicyclic) bond motifs is 1. The van der Waals surface area contributed by atoms with Crippen molar-refractivity contribution in [2.45, 2.75) is 51.6 Å². The molecule has 0 radical (unpaired) electrons. The van der Waals surface area contributed by atoms with E-state index in [1.807, 2.05) is 11.8 Å². The molecular weight excluding hydrogens is 371 g/mol. The number of hydrogen-bond donors (Lipinski definition) is 2. The lowest BCUT2D eigenvalue weighted by Gasteiger charge is -2.42. The van der Waals surface area contributed by atoms with Crippen LogP contribution in [-0.4, -0.2) is 64.9 Å². The number of aromatic nitrogens is 1. The standard InChI is InChI=1S/C22H29FN4O2/c1-14-6-7-19(23)21-18(14)13-20(25-21)22(29)24-16-4-3-5-17(12-16)27-10-8-26(9-11-27)15(2)28/h6-7,13,16-17,25H,3-5,8-12H2,1-2H3,(H,24,29)/t16-,17+/m1/s1. The predicted octanol–water partition coefficient (Wildman–Crippen LogP) is 2.82. The Morgan fingerprint density at radius 3 is 2.62 bits per heavy atom. The van der Waals surface area contributed by atoms with Crippen molar-refractivity contribution < 1.29 is 14.0 Å². The molecule has 0 spiro atoms. The van der Waals surface area contributed by atoms with Crippen LogP contribution >= 0.6 is 0 Å². The van der Waals surface area contributed by atoms with Gasteiger partial charge in [0.25, 0.3) is 5.91 Å². The molecule has 7 heteroatoms. The van der Waals surface area contributed by atoms with E-state index < -0.39 is 0 Å². The predicted molar refractivity (Wildman–Crippen MR) is 110 cm³/mol. The fraction of sp³-hybridized carbons (Fsp3) is 0.545. The zero-order valence-corrected chi connectivity index (χ0v) is 17.1. The summed E-state index contributed by atoms with van der Waals surface area (Å²) in [7, 11) is 0. The summed E-state index contributed by atoms with van der Waals surface area (Å²) in [6.07, 6.45) is 4.08. The molecule has 2 amide bonds. The lowest BCUT2D eigenvalue weighted by molar-refractivity contribution is -0.131. The Bertz CT molecular complexity index is 878.